The van der Waals surface area contributed by atoms with Crippen LogP contribution in [0.2, 0.25) is 0 Å². The first kappa shape index (κ1) is 15.1. The molecule has 0 amide bonds. The van der Waals surface area contributed by atoms with Gasteiger partial charge in [-0.25, -0.2) is 0 Å². The molecule has 2 unspecified atom stereocenters. The van der Waals surface area contributed by atoms with Crippen LogP contribution in [0.1, 0.15) is 25.2 Å². The number of nitrogens with zero attached hydrogens (tertiary/aromatic N) is 2. The van der Waals surface area contributed by atoms with E-state index in [1.165, 1.54) is 0 Å². The van der Waals surface area contributed by atoms with E-state index < -0.39 is 0 Å². The van der Waals surface area contributed by atoms with Crippen molar-refractivity contribution < 1.29 is 4.52 Å². The van der Waals surface area contributed by atoms with Crippen LogP contribution in [-0.2, 0) is 0 Å². The molecule has 1 aliphatic rings. The molecule has 1 aromatic carbocycles. The molecule has 2 atom stereocenters. The Hall–Kier alpha value is -0.850. The highest BCUT2D eigenvalue weighted by Crippen LogP contribution is 2.33. The van der Waals surface area contributed by atoms with Crippen LogP contribution in [0.4, 0.5) is 0 Å². The summed E-state index contributed by atoms with van der Waals surface area (Å²) in [6.07, 6.45) is 1.14. The highest BCUT2D eigenvalue weighted by Gasteiger charge is 2.33. The highest BCUT2D eigenvalue weighted by molar-refractivity contribution is 9.10. The predicted octanol–water partition coefficient (Wildman–Crippen LogP) is 3.70. The van der Waals surface area contributed by atoms with E-state index in [0.717, 1.165) is 40.4 Å². The quantitative estimate of drug-likeness (QED) is 0.872. The van der Waals surface area contributed by atoms with Crippen molar-refractivity contribution in [2.75, 3.05) is 18.1 Å². The number of nitrogens with one attached hydrogen (secondary N) is 1. The van der Waals surface area contributed by atoms with Gasteiger partial charge >= 0.3 is 0 Å². The van der Waals surface area contributed by atoms with Crippen LogP contribution in [-0.4, -0.2) is 34.2 Å². The zero-order chi connectivity index (χ0) is 14.7. The highest BCUT2D eigenvalue weighted by atomic mass is 79.9. The molecule has 0 radical (unpaired) electrons. The van der Waals surface area contributed by atoms with Gasteiger partial charge in [-0.3, -0.25) is 0 Å². The molecule has 0 bridgehead atoms. The summed E-state index contributed by atoms with van der Waals surface area (Å²) in [6.45, 7) is 3.22. The van der Waals surface area contributed by atoms with Gasteiger partial charge in [0.2, 0.25) is 11.7 Å². The van der Waals surface area contributed by atoms with Gasteiger partial charge < -0.3 is 9.84 Å². The van der Waals surface area contributed by atoms with Crippen LogP contribution < -0.4 is 5.32 Å². The van der Waals surface area contributed by atoms with Crippen molar-refractivity contribution in [3.05, 3.63) is 34.6 Å². The first-order chi connectivity index (χ1) is 10.3. The fourth-order valence-electron chi connectivity index (χ4n) is 2.46. The third-order valence-corrected chi connectivity index (χ3v) is 5.26. The Morgan fingerprint density at radius 1 is 1.43 bits per heavy atom. The Balaban J connectivity index is 1.78. The summed E-state index contributed by atoms with van der Waals surface area (Å²) < 4.78 is 6.54. The number of aromatic nitrogens is 2. The minimum Gasteiger partial charge on any atom is -0.339 e. The third kappa shape index (κ3) is 3.49. The lowest BCUT2D eigenvalue weighted by Crippen LogP contribution is -2.34. The molecule has 6 heteroatoms. The lowest BCUT2D eigenvalue weighted by Gasteiger charge is -2.16. The van der Waals surface area contributed by atoms with E-state index in [0.29, 0.717) is 17.8 Å². The summed E-state index contributed by atoms with van der Waals surface area (Å²) in [5.41, 5.74) is 0.975. The van der Waals surface area contributed by atoms with Gasteiger partial charge in [0, 0.05) is 27.6 Å². The van der Waals surface area contributed by atoms with E-state index in [9.17, 15) is 0 Å². The molecule has 1 saturated heterocycles. The van der Waals surface area contributed by atoms with E-state index in [4.69, 9.17) is 4.52 Å². The monoisotopic (exact) mass is 367 g/mol. The second-order valence-electron chi connectivity index (χ2n) is 5.17. The summed E-state index contributed by atoms with van der Waals surface area (Å²) in [5.74, 6) is 3.89. The molecule has 1 fully saturated rings. The third-order valence-electron chi connectivity index (χ3n) is 3.58. The molecule has 3 rings (SSSR count). The molecule has 4 nitrogen and oxygen atoms in total. The standard InChI is InChI=1S/C15H18BrN3OS/c1-2-6-17-13-9-21-8-12(13)15-18-14(19-20-15)10-4-3-5-11(16)7-10/h3-5,7,12-13,17H,2,6,8-9H2,1H3. The summed E-state index contributed by atoms with van der Waals surface area (Å²) in [4.78, 5) is 4.61. The van der Waals surface area contributed by atoms with Gasteiger partial charge in [-0.2, -0.15) is 16.7 Å². The van der Waals surface area contributed by atoms with Crippen LogP contribution in [0.15, 0.2) is 33.3 Å². The zero-order valence-electron chi connectivity index (χ0n) is 11.9. The number of hydrogen-bond acceptors (Lipinski definition) is 5. The van der Waals surface area contributed by atoms with Crippen molar-refractivity contribution in [1.82, 2.24) is 15.5 Å². The Morgan fingerprint density at radius 3 is 3.14 bits per heavy atom. The smallest absolute Gasteiger partial charge is 0.232 e. The first-order valence-electron chi connectivity index (χ1n) is 7.18. The molecule has 112 valence electrons. The van der Waals surface area contributed by atoms with Crippen molar-refractivity contribution in [2.45, 2.75) is 25.3 Å². The molecular formula is C15H18BrN3OS. The number of thioether (sulfide) groups is 1. The summed E-state index contributed by atoms with van der Waals surface area (Å²) in [5, 5.41) is 7.72. The van der Waals surface area contributed by atoms with E-state index >= 15 is 0 Å². The van der Waals surface area contributed by atoms with Gasteiger partial charge in [0.25, 0.3) is 0 Å². The molecule has 1 aromatic heterocycles. The van der Waals surface area contributed by atoms with Crippen molar-refractivity contribution in [1.29, 1.82) is 0 Å². The van der Waals surface area contributed by atoms with E-state index in [1.807, 2.05) is 36.0 Å². The molecule has 0 aliphatic carbocycles. The molecular weight excluding hydrogens is 350 g/mol. The van der Waals surface area contributed by atoms with Crippen molar-refractivity contribution >= 4 is 27.7 Å². The maximum Gasteiger partial charge on any atom is 0.232 e. The van der Waals surface area contributed by atoms with Crippen LogP contribution in [0, 0.1) is 0 Å². The fraction of sp³-hybridized carbons (Fsp3) is 0.467. The van der Waals surface area contributed by atoms with Crippen molar-refractivity contribution in [2.24, 2.45) is 0 Å². The van der Waals surface area contributed by atoms with Crippen LogP contribution in [0.25, 0.3) is 11.4 Å². The van der Waals surface area contributed by atoms with Gasteiger partial charge in [-0.15, -0.1) is 0 Å². The number of halogens is 1. The Kier molecular flexibility index (Phi) is 4.98. The van der Waals surface area contributed by atoms with E-state index in [1.54, 1.807) is 0 Å². The Bertz CT molecular complexity index is 604. The second-order valence-corrected chi connectivity index (χ2v) is 7.16. The van der Waals surface area contributed by atoms with E-state index in [2.05, 4.69) is 38.3 Å². The first-order valence-corrected chi connectivity index (χ1v) is 9.13. The Labute approximate surface area is 137 Å². The number of hydrogen-bond donors (Lipinski definition) is 1. The van der Waals surface area contributed by atoms with Crippen LogP contribution >= 0.6 is 27.7 Å². The molecule has 0 saturated carbocycles. The minimum atomic E-state index is 0.315. The number of rotatable bonds is 5. The summed E-state index contributed by atoms with van der Waals surface area (Å²) in [7, 11) is 0. The van der Waals surface area contributed by atoms with Gasteiger partial charge in [0.05, 0.1) is 5.92 Å². The maximum absolute atomic E-state index is 5.52. The normalized spacial score (nSPS) is 21.8. The lowest BCUT2D eigenvalue weighted by molar-refractivity contribution is 0.339. The summed E-state index contributed by atoms with van der Waals surface area (Å²) in [6, 6.07) is 8.40. The zero-order valence-corrected chi connectivity index (χ0v) is 14.3. The molecule has 2 heterocycles. The average Bonchev–Trinajstić information content (AvgIpc) is 3.13. The molecule has 1 N–H and O–H groups in total. The minimum absolute atomic E-state index is 0.315. The largest absolute Gasteiger partial charge is 0.339 e. The molecule has 21 heavy (non-hydrogen) atoms. The fourth-order valence-corrected chi connectivity index (χ4v) is 4.23. The lowest BCUT2D eigenvalue weighted by atomic mass is 10.0. The van der Waals surface area contributed by atoms with Crippen molar-refractivity contribution in [3.63, 3.8) is 0 Å². The molecule has 0 spiro atoms. The van der Waals surface area contributed by atoms with E-state index in [-0.39, 0.29) is 0 Å². The van der Waals surface area contributed by atoms with Gasteiger partial charge in [-0.05, 0) is 25.1 Å². The van der Waals surface area contributed by atoms with Crippen LogP contribution in [0.3, 0.4) is 0 Å². The predicted molar refractivity (Wildman–Crippen MR) is 89.6 cm³/mol. The summed E-state index contributed by atoms with van der Waals surface area (Å²) >= 11 is 5.42. The van der Waals surface area contributed by atoms with Crippen LogP contribution in [0.5, 0.6) is 0 Å². The van der Waals surface area contributed by atoms with Gasteiger partial charge in [0.15, 0.2) is 0 Å². The SMILES string of the molecule is CCCNC1CSCC1c1nc(-c2cccc(Br)c2)no1. The van der Waals surface area contributed by atoms with Gasteiger partial charge in [-0.1, -0.05) is 40.1 Å². The second kappa shape index (κ2) is 6.94. The average molecular weight is 368 g/mol. The molecule has 2 aromatic rings. The Morgan fingerprint density at radius 2 is 2.33 bits per heavy atom. The van der Waals surface area contributed by atoms with Crippen molar-refractivity contribution in [3.8, 4) is 11.4 Å². The maximum atomic E-state index is 5.52. The van der Waals surface area contributed by atoms with Gasteiger partial charge in [0.1, 0.15) is 0 Å². The topological polar surface area (TPSA) is 51.0 Å². The number of benzene rings is 1. The molecule has 1 aliphatic heterocycles.